The minimum atomic E-state index is -0.281. The van der Waals surface area contributed by atoms with Crippen LogP contribution in [0.2, 0.25) is 0 Å². The maximum atomic E-state index is 8.97. The van der Waals surface area contributed by atoms with E-state index >= 15 is 0 Å². The lowest BCUT2D eigenvalue weighted by atomic mass is 10.1. The van der Waals surface area contributed by atoms with Crippen molar-refractivity contribution in [3.05, 3.63) is 12.7 Å². The first kappa shape index (κ1) is 12.3. The summed E-state index contributed by atoms with van der Waals surface area (Å²) in [5, 5.41) is 8.97. The van der Waals surface area contributed by atoms with Gasteiger partial charge in [-0.25, -0.2) is 0 Å². The van der Waals surface area contributed by atoms with Gasteiger partial charge >= 0.3 is 0 Å². The summed E-state index contributed by atoms with van der Waals surface area (Å²) >= 11 is 0. The van der Waals surface area contributed by atoms with Gasteiger partial charge in [-0.05, 0) is 6.42 Å². The van der Waals surface area contributed by atoms with Crippen molar-refractivity contribution in [3.63, 3.8) is 0 Å². The van der Waals surface area contributed by atoms with E-state index in [1.54, 1.807) is 6.08 Å². The summed E-state index contributed by atoms with van der Waals surface area (Å²) in [6.07, 6.45) is 5.72. The molecule has 1 unspecified atom stereocenters. The first-order chi connectivity index (χ1) is 4.31. The average molecular weight is 145 g/mol. The van der Waals surface area contributed by atoms with Crippen molar-refractivity contribution in [1.82, 2.24) is 6.15 Å². The molecule has 0 rings (SSSR count). The molecule has 0 fully saturated rings. The Labute approximate surface area is 63.5 Å². The van der Waals surface area contributed by atoms with Crippen LogP contribution in [0.4, 0.5) is 0 Å². The lowest BCUT2D eigenvalue weighted by Gasteiger charge is -2.01. The predicted molar refractivity (Wildman–Crippen MR) is 45.4 cm³/mol. The monoisotopic (exact) mass is 145 g/mol. The van der Waals surface area contributed by atoms with Crippen LogP contribution >= 0.6 is 0 Å². The van der Waals surface area contributed by atoms with Gasteiger partial charge in [-0.3, -0.25) is 0 Å². The first-order valence-electron chi connectivity index (χ1n) is 3.62. The Morgan fingerprint density at radius 2 is 2.10 bits per heavy atom. The number of unbranched alkanes of at least 4 members (excludes halogenated alkanes) is 2. The van der Waals surface area contributed by atoms with Crippen LogP contribution in [-0.4, -0.2) is 11.2 Å². The van der Waals surface area contributed by atoms with Gasteiger partial charge in [-0.2, -0.15) is 0 Å². The molecule has 0 radical (unpaired) electrons. The number of hydrogen-bond donors (Lipinski definition) is 2. The van der Waals surface area contributed by atoms with Crippen molar-refractivity contribution >= 4 is 0 Å². The molecule has 0 aliphatic heterocycles. The molecule has 0 aromatic rings. The van der Waals surface area contributed by atoms with Crippen LogP contribution in [0.1, 0.15) is 32.6 Å². The predicted octanol–water partition coefficient (Wildman–Crippen LogP) is 2.28. The second kappa shape index (κ2) is 8.66. The Balaban J connectivity index is 0. The summed E-state index contributed by atoms with van der Waals surface area (Å²) in [5.74, 6) is 0. The molecule has 0 aliphatic carbocycles. The van der Waals surface area contributed by atoms with E-state index in [0.29, 0.717) is 0 Å². The zero-order chi connectivity index (χ0) is 7.11. The van der Waals surface area contributed by atoms with Crippen LogP contribution in [0.5, 0.6) is 0 Å². The molecule has 2 nitrogen and oxygen atoms in total. The SMILES string of the molecule is C=CC(O)CCCCC.N. The molecule has 0 aliphatic rings. The van der Waals surface area contributed by atoms with E-state index in [0.717, 1.165) is 12.8 Å². The lowest BCUT2D eigenvalue weighted by molar-refractivity contribution is 0.208. The first-order valence-corrected chi connectivity index (χ1v) is 3.62. The highest BCUT2D eigenvalue weighted by Gasteiger charge is 1.94. The molecule has 10 heavy (non-hydrogen) atoms. The molecular weight excluding hydrogens is 126 g/mol. The summed E-state index contributed by atoms with van der Waals surface area (Å²) in [6.45, 7) is 5.64. The quantitative estimate of drug-likeness (QED) is 0.460. The van der Waals surface area contributed by atoms with Crippen LogP contribution in [0, 0.1) is 0 Å². The third-order valence-electron chi connectivity index (χ3n) is 1.38. The van der Waals surface area contributed by atoms with Crippen molar-refractivity contribution in [2.75, 3.05) is 0 Å². The molecule has 0 aromatic carbocycles. The Bertz CT molecular complexity index is 73.7. The van der Waals surface area contributed by atoms with Crippen molar-refractivity contribution < 1.29 is 5.11 Å². The van der Waals surface area contributed by atoms with Gasteiger partial charge in [0.05, 0.1) is 6.10 Å². The summed E-state index contributed by atoms with van der Waals surface area (Å²) < 4.78 is 0. The maximum absolute atomic E-state index is 8.97. The standard InChI is InChI=1S/C8H16O.H3N/c1-3-5-6-7-8(9)4-2;/h4,8-9H,2-3,5-7H2,1H3;1H3. The highest BCUT2D eigenvalue weighted by atomic mass is 16.3. The molecule has 0 heterocycles. The van der Waals surface area contributed by atoms with E-state index in [4.69, 9.17) is 5.11 Å². The average Bonchev–Trinajstić information content (AvgIpc) is 1.89. The number of hydrogen-bond acceptors (Lipinski definition) is 2. The number of aliphatic hydroxyl groups excluding tert-OH is 1. The van der Waals surface area contributed by atoms with Gasteiger partial charge in [-0.15, -0.1) is 6.58 Å². The van der Waals surface area contributed by atoms with Crippen molar-refractivity contribution in [3.8, 4) is 0 Å². The summed E-state index contributed by atoms with van der Waals surface area (Å²) in [5.41, 5.74) is 0. The third-order valence-corrected chi connectivity index (χ3v) is 1.38. The van der Waals surface area contributed by atoms with E-state index in [9.17, 15) is 0 Å². The zero-order valence-corrected chi connectivity index (χ0v) is 6.84. The Morgan fingerprint density at radius 1 is 1.50 bits per heavy atom. The molecule has 2 heteroatoms. The van der Waals surface area contributed by atoms with Gasteiger partial charge in [0.25, 0.3) is 0 Å². The van der Waals surface area contributed by atoms with Crippen LogP contribution in [0.3, 0.4) is 0 Å². The Hall–Kier alpha value is -0.340. The van der Waals surface area contributed by atoms with E-state index < -0.39 is 0 Å². The number of aliphatic hydroxyl groups is 1. The molecular formula is C8H19NO. The summed E-state index contributed by atoms with van der Waals surface area (Å²) in [4.78, 5) is 0. The molecule has 0 spiro atoms. The van der Waals surface area contributed by atoms with Gasteiger partial charge in [-0.1, -0.05) is 32.3 Å². The molecule has 1 atom stereocenters. The summed E-state index contributed by atoms with van der Waals surface area (Å²) in [7, 11) is 0. The minimum absolute atomic E-state index is 0. The number of rotatable bonds is 5. The minimum Gasteiger partial charge on any atom is -0.389 e. The van der Waals surface area contributed by atoms with Gasteiger partial charge < -0.3 is 11.3 Å². The highest BCUT2D eigenvalue weighted by Crippen LogP contribution is 2.02. The molecule has 0 amide bonds. The van der Waals surface area contributed by atoms with Crippen molar-refractivity contribution in [2.45, 2.75) is 38.7 Å². The van der Waals surface area contributed by atoms with Crippen molar-refractivity contribution in [1.29, 1.82) is 0 Å². The fourth-order valence-corrected chi connectivity index (χ4v) is 0.721. The second-order valence-corrected chi connectivity index (χ2v) is 2.30. The molecule has 4 N–H and O–H groups in total. The van der Waals surface area contributed by atoms with E-state index in [1.807, 2.05) is 0 Å². The van der Waals surface area contributed by atoms with Gasteiger partial charge in [0.2, 0.25) is 0 Å². The molecule has 0 bridgehead atoms. The van der Waals surface area contributed by atoms with Crippen LogP contribution < -0.4 is 6.15 Å². The zero-order valence-electron chi connectivity index (χ0n) is 6.84. The van der Waals surface area contributed by atoms with E-state index in [-0.39, 0.29) is 12.3 Å². The normalized spacial score (nSPS) is 11.8. The van der Waals surface area contributed by atoms with Crippen LogP contribution in [0.25, 0.3) is 0 Å². The van der Waals surface area contributed by atoms with Crippen LogP contribution in [-0.2, 0) is 0 Å². The fraction of sp³-hybridized carbons (Fsp3) is 0.750. The topological polar surface area (TPSA) is 55.2 Å². The maximum Gasteiger partial charge on any atom is 0.0718 e. The van der Waals surface area contributed by atoms with Gasteiger partial charge in [0.15, 0.2) is 0 Å². The smallest absolute Gasteiger partial charge is 0.0718 e. The second-order valence-electron chi connectivity index (χ2n) is 2.30. The molecule has 0 saturated heterocycles. The largest absolute Gasteiger partial charge is 0.389 e. The Kier molecular flexibility index (Phi) is 10.7. The highest BCUT2D eigenvalue weighted by molar-refractivity contribution is 4.77. The molecule has 62 valence electrons. The van der Waals surface area contributed by atoms with Crippen molar-refractivity contribution in [2.24, 2.45) is 0 Å². The van der Waals surface area contributed by atoms with E-state index in [1.165, 1.54) is 12.8 Å². The lowest BCUT2D eigenvalue weighted by Crippen LogP contribution is -1.99. The van der Waals surface area contributed by atoms with Gasteiger partial charge in [0, 0.05) is 0 Å². The molecule has 0 saturated carbocycles. The summed E-state index contributed by atoms with van der Waals surface area (Å²) in [6, 6.07) is 0. The third kappa shape index (κ3) is 7.66. The van der Waals surface area contributed by atoms with Crippen LogP contribution in [0.15, 0.2) is 12.7 Å². The fourth-order valence-electron chi connectivity index (χ4n) is 0.721. The van der Waals surface area contributed by atoms with E-state index in [2.05, 4.69) is 13.5 Å². The molecule has 0 aromatic heterocycles. The van der Waals surface area contributed by atoms with Gasteiger partial charge in [0.1, 0.15) is 0 Å². The Morgan fingerprint density at radius 3 is 2.50 bits per heavy atom.